The second kappa shape index (κ2) is 7.17. The van der Waals surface area contributed by atoms with Crippen LogP contribution in [0.2, 0.25) is 0 Å². The summed E-state index contributed by atoms with van der Waals surface area (Å²) in [7, 11) is 1.88. The Kier molecular flexibility index (Phi) is 4.99. The number of hydrogen-bond donors (Lipinski definition) is 0. The number of carbonyl (C=O) groups excluding carboxylic acids is 1. The third-order valence-electron chi connectivity index (χ3n) is 4.81. The van der Waals surface area contributed by atoms with E-state index in [0.29, 0.717) is 31.2 Å². The lowest BCUT2D eigenvalue weighted by Crippen LogP contribution is -2.50. The predicted octanol–water partition coefficient (Wildman–Crippen LogP) is 1.59. The number of para-hydroxylation sites is 2. The molecule has 24 heavy (non-hydrogen) atoms. The van der Waals surface area contributed by atoms with Gasteiger partial charge in [-0.15, -0.1) is 0 Å². The fraction of sp³-hybridized carbons (Fsp3) is 0.588. The number of likely N-dealkylation sites (N-methyl/N-ethyl adjacent to an activating group) is 1. The zero-order valence-electron chi connectivity index (χ0n) is 14.1. The average Bonchev–Trinajstić information content (AvgIpc) is 3.39. The Labute approximate surface area is 142 Å². The van der Waals surface area contributed by atoms with Crippen molar-refractivity contribution in [3.63, 3.8) is 0 Å². The summed E-state index contributed by atoms with van der Waals surface area (Å²) < 4.78 is 0. The Hall–Kier alpha value is -2.15. The van der Waals surface area contributed by atoms with Crippen LogP contribution in [0.5, 0.6) is 0 Å². The van der Waals surface area contributed by atoms with Crippen molar-refractivity contribution in [2.24, 2.45) is 5.92 Å². The minimum absolute atomic E-state index is 0.145. The van der Waals surface area contributed by atoms with Gasteiger partial charge >= 0.3 is 0 Å². The number of rotatable bonds is 6. The number of piperazine rings is 1. The van der Waals surface area contributed by atoms with E-state index in [2.05, 4.69) is 4.90 Å². The molecule has 1 saturated carbocycles. The lowest BCUT2D eigenvalue weighted by Gasteiger charge is -2.36. The molecule has 7 heteroatoms. The van der Waals surface area contributed by atoms with Crippen LogP contribution < -0.4 is 4.90 Å². The van der Waals surface area contributed by atoms with Crippen LogP contribution >= 0.6 is 0 Å². The molecule has 1 aliphatic carbocycles. The first-order valence-electron chi connectivity index (χ1n) is 8.49. The fourth-order valence-corrected chi connectivity index (χ4v) is 3.13. The molecule has 3 rings (SSSR count). The van der Waals surface area contributed by atoms with Crippen LogP contribution in [-0.4, -0.2) is 66.9 Å². The molecule has 1 heterocycles. The first-order chi connectivity index (χ1) is 11.5. The predicted molar refractivity (Wildman–Crippen MR) is 92.1 cm³/mol. The summed E-state index contributed by atoms with van der Waals surface area (Å²) in [4.78, 5) is 29.1. The van der Waals surface area contributed by atoms with Gasteiger partial charge in [0.2, 0.25) is 5.91 Å². The smallest absolute Gasteiger partial charge is 0.292 e. The molecule has 0 unspecified atom stereocenters. The quantitative estimate of drug-likeness (QED) is 0.584. The van der Waals surface area contributed by atoms with Gasteiger partial charge < -0.3 is 9.80 Å². The number of nitro groups is 1. The van der Waals surface area contributed by atoms with Gasteiger partial charge in [-0.05, 0) is 24.8 Å². The molecular formula is C17H24N4O3. The van der Waals surface area contributed by atoms with Crippen LogP contribution in [0.3, 0.4) is 0 Å². The Morgan fingerprint density at radius 3 is 2.54 bits per heavy atom. The van der Waals surface area contributed by atoms with Crippen molar-refractivity contribution in [3.8, 4) is 0 Å². The van der Waals surface area contributed by atoms with Gasteiger partial charge in [-0.3, -0.25) is 19.8 Å². The van der Waals surface area contributed by atoms with Crippen LogP contribution in [0.15, 0.2) is 24.3 Å². The Balaban J connectivity index is 1.52. The minimum atomic E-state index is -0.335. The van der Waals surface area contributed by atoms with E-state index in [-0.39, 0.29) is 16.5 Å². The molecule has 0 radical (unpaired) electrons. The lowest BCUT2D eigenvalue weighted by molar-refractivity contribution is -0.384. The van der Waals surface area contributed by atoms with Crippen molar-refractivity contribution in [2.75, 3.05) is 51.2 Å². The fourth-order valence-electron chi connectivity index (χ4n) is 3.13. The topological polar surface area (TPSA) is 69.9 Å². The Bertz CT molecular complexity index is 610. The summed E-state index contributed by atoms with van der Waals surface area (Å²) >= 11 is 0. The number of nitro benzene ring substituents is 1. The molecule has 0 bridgehead atoms. The highest BCUT2D eigenvalue weighted by atomic mass is 16.6. The molecule has 1 saturated heterocycles. The number of hydrogen-bond acceptors (Lipinski definition) is 5. The molecule has 2 aliphatic rings. The molecule has 1 aromatic rings. The van der Waals surface area contributed by atoms with Gasteiger partial charge in [0.25, 0.3) is 5.69 Å². The SMILES string of the molecule is CN(CC1CC1)C(=O)CN1CCN(c2ccccc2[N+](=O)[O-])CC1. The summed E-state index contributed by atoms with van der Waals surface area (Å²) in [5.41, 5.74) is 0.811. The summed E-state index contributed by atoms with van der Waals surface area (Å²) in [6.45, 7) is 4.20. The van der Waals surface area contributed by atoms with Crippen molar-refractivity contribution >= 4 is 17.3 Å². The van der Waals surface area contributed by atoms with Crippen molar-refractivity contribution in [1.29, 1.82) is 0 Å². The monoisotopic (exact) mass is 332 g/mol. The standard InChI is InChI=1S/C17H24N4O3/c1-18(12-14-6-7-14)17(22)13-19-8-10-20(11-9-19)15-4-2-3-5-16(15)21(23)24/h2-5,14H,6-13H2,1H3. The van der Waals surface area contributed by atoms with E-state index >= 15 is 0 Å². The number of amides is 1. The molecule has 1 amide bonds. The van der Waals surface area contributed by atoms with Gasteiger partial charge in [0, 0.05) is 45.8 Å². The first-order valence-corrected chi connectivity index (χ1v) is 8.49. The van der Waals surface area contributed by atoms with E-state index in [1.807, 2.05) is 22.9 Å². The van der Waals surface area contributed by atoms with Crippen LogP contribution in [0.25, 0.3) is 0 Å². The highest BCUT2D eigenvalue weighted by Crippen LogP contribution is 2.30. The number of nitrogens with zero attached hydrogens (tertiary/aromatic N) is 4. The van der Waals surface area contributed by atoms with Crippen molar-refractivity contribution < 1.29 is 9.72 Å². The third kappa shape index (κ3) is 4.03. The van der Waals surface area contributed by atoms with Gasteiger partial charge in [0.05, 0.1) is 11.5 Å². The van der Waals surface area contributed by atoms with E-state index in [9.17, 15) is 14.9 Å². The van der Waals surface area contributed by atoms with Crippen LogP contribution in [0.4, 0.5) is 11.4 Å². The summed E-state index contributed by atoms with van der Waals surface area (Å²) in [5, 5.41) is 11.2. The second-order valence-corrected chi connectivity index (χ2v) is 6.73. The molecule has 130 valence electrons. The van der Waals surface area contributed by atoms with Crippen LogP contribution in [0.1, 0.15) is 12.8 Å². The van der Waals surface area contributed by atoms with E-state index in [4.69, 9.17) is 0 Å². The second-order valence-electron chi connectivity index (χ2n) is 6.73. The highest BCUT2D eigenvalue weighted by molar-refractivity contribution is 5.78. The van der Waals surface area contributed by atoms with Gasteiger partial charge in [-0.1, -0.05) is 12.1 Å². The lowest BCUT2D eigenvalue weighted by atomic mass is 10.2. The summed E-state index contributed by atoms with van der Waals surface area (Å²) in [5.74, 6) is 0.871. The minimum Gasteiger partial charge on any atom is -0.363 e. The maximum atomic E-state index is 12.3. The van der Waals surface area contributed by atoms with Crippen molar-refractivity contribution in [2.45, 2.75) is 12.8 Å². The zero-order chi connectivity index (χ0) is 17.1. The average molecular weight is 332 g/mol. The molecule has 2 fully saturated rings. The zero-order valence-corrected chi connectivity index (χ0v) is 14.1. The maximum Gasteiger partial charge on any atom is 0.292 e. The molecule has 1 aliphatic heterocycles. The van der Waals surface area contributed by atoms with Gasteiger partial charge in [-0.25, -0.2) is 0 Å². The van der Waals surface area contributed by atoms with Gasteiger partial charge in [0.15, 0.2) is 0 Å². The summed E-state index contributed by atoms with van der Waals surface area (Å²) in [6.07, 6.45) is 2.48. The maximum absolute atomic E-state index is 12.3. The van der Waals surface area contributed by atoms with Crippen molar-refractivity contribution in [1.82, 2.24) is 9.80 Å². The molecule has 1 aromatic carbocycles. The van der Waals surface area contributed by atoms with E-state index in [1.54, 1.807) is 12.1 Å². The van der Waals surface area contributed by atoms with E-state index in [0.717, 1.165) is 19.6 Å². The van der Waals surface area contributed by atoms with Gasteiger partial charge in [-0.2, -0.15) is 0 Å². The molecule has 0 N–H and O–H groups in total. The van der Waals surface area contributed by atoms with Crippen molar-refractivity contribution in [3.05, 3.63) is 34.4 Å². The molecule has 0 spiro atoms. The molecule has 0 atom stereocenters. The largest absolute Gasteiger partial charge is 0.363 e. The molecular weight excluding hydrogens is 308 g/mol. The molecule has 7 nitrogen and oxygen atoms in total. The third-order valence-corrected chi connectivity index (χ3v) is 4.81. The number of carbonyl (C=O) groups is 1. The van der Waals surface area contributed by atoms with Crippen LogP contribution in [0, 0.1) is 16.0 Å². The number of benzene rings is 1. The first kappa shape index (κ1) is 16.7. The summed E-state index contributed by atoms with van der Waals surface area (Å²) in [6, 6.07) is 6.84. The van der Waals surface area contributed by atoms with E-state index < -0.39 is 0 Å². The van der Waals surface area contributed by atoms with Gasteiger partial charge in [0.1, 0.15) is 5.69 Å². The van der Waals surface area contributed by atoms with Crippen LogP contribution in [-0.2, 0) is 4.79 Å². The van der Waals surface area contributed by atoms with E-state index in [1.165, 1.54) is 18.9 Å². The Morgan fingerprint density at radius 1 is 1.25 bits per heavy atom. The normalized spacial score (nSPS) is 18.5. The molecule has 0 aromatic heterocycles. The Morgan fingerprint density at radius 2 is 1.92 bits per heavy atom. The highest BCUT2D eigenvalue weighted by Gasteiger charge is 2.27. The number of anilines is 1.